The second-order valence-corrected chi connectivity index (χ2v) is 4.23. The maximum absolute atomic E-state index is 5.24. The van der Waals surface area contributed by atoms with Gasteiger partial charge in [0.15, 0.2) is 0 Å². The summed E-state index contributed by atoms with van der Waals surface area (Å²) in [6.45, 7) is 2.07. The highest BCUT2D eigenvalue weighted by Crippen LogP contribution is 2.28. The van der Waals surface area contributed by atoms with E-state index in [1.54, 1.807) is 16.9 Å². The first kappa shape index (κ1) is 10.9. The number of rotatable bonds is 2. The highest BCUT2D eigenvalue weighted by Gasteiger charge is 2.07. The molecule has 2 heterocycles. The number of aryl methyl sites for hydroxylation is 1. The van der Waals surface area contributed by atoms with Gasteiger partial charge >= 0.3 is 8.05 Å². The number of benzene rings is 1. The molecule has 0 aliphatic rings. The smallest absolute Gasteiger partial charge is 0.374 e. The number of nitrogens with zero attached hydrogens (tertiary/aromatic N) is 2. The van der Waals surface area contributed by atoms with Gasteiger partial charge in [0.25, 0.3) is 0 Å². The first-order valence-corrected chi connectivity index (χ1v) is 5.69. The molecule has 2 radical (unpaired) electrons. The fraction of sp³-hybridized carbons (Fsp3) is 0.0714. The Kier molecular flexibility index (Phi) is 2.56. The molecule has 0 unspecified atom stereocenters. The first-order valence-electron chi connectivity index (χ1n) is 5.69. The lowest BCUT2D eigenvalue weighted by Crippen LogP contribution is -1.94. The van der Waals surface area contributed by atoms with Gasteiger partial charge in [-0.2, -0.15) is 5.10 Å². The topological polar surface area (TPSA) is 26.5 Å². The summed E-state index contributed by atoms with van der Waals surface area (Å²) in [6, 6.07) is 12.2. The van der Waals surface area contributed by atoms with E-state index in [2.05, 4.69) is 36.3 Å². The van der Waals surface area contributed by atoms with Crippen LogP contribution in [0.2, 0.25) is 0 Å². The van der Waals surface area contributed by atoms with Gasteiger partial charge in [0.2, 0.25) is 0 Å². The van der Waals surface area contributed by atoms with Gasteiger partial charge in [-0.1, -0.05) is 29.8 Å². The van der Waals surface area contributed by atoms with E-state index in [0.29, 0.717) is 5.75 Å². The quantitative estimate of drug-likeness (QED) is 0.637. The molecule has 86 valence electrons. The molecule has 0 saturated heterocycles. The highest BCUT2D eigenvalue weighted by atomic mass is 16.4. The molecule has 1 aromatic carbocycles. The molecule has 4 heteroatoms. The zero-order valence-corrected chi connectivity index (χ0v) is 10.00. The minimum Gasteiger partial charge on any atom is -0.567 e. The summed E-state index contributed by atoms with van der Waals surface area (Å²) >= 11 is 0. The average molecular weight is 234 g/mol. The molecule has 0 aliphatic heterocycles. The van der Waals surface area contributed by atoms with E-state index in [4.69, 9.17) is 12.7 Å². The van der Waals surface area contributed by atoms with Crippen molar-refractivity contribution < 1.29 is 4.65 Å². The van der Waals surface area contributed by atoms with Gasteiger partial charge in [0.1, 0.15) is 5.75 Å². The fourth-order valence-electron chi connectivity index (χ4n) is 2.03. The molecule has 3 nitrogen and oxygen atoms in total. The highest BCUT2D eigenvalue weighted by molar-refractivity contribution is 6.00. The minimum atomic E-state index is 0.585. The zero-order valence-electron chi connectivity index (χ0n) is 10.00. The fourth-order valence-corrected chi connectivity index (χ4v) is 2.03. The van der Waals surface area contributed by atoms with Gasteiger partial charge in [-0.15, -0.1) is 0 Å². The van der Waals surface area contributed by atoms with Crippen molar-refractivity contribution in [1.82, 2.24) is 9.61 Å². The number of aromatic nitrogens is 2. The lowest BCUT2D eigenvalue weighted by atomic mass is 10.0. The van der Waals surface area contributed by atoms with Crippen LogP contribution in [0.15, 0.2) is 48.8 Å². The van der Waals surface area contributed by atoms with Crippen LogP contribution in [-0.4, -0.2) is 17.7 Å². The lowest BCUT2D eigenvalue weighted by molar-refractivity contribution is 0.608. The summed E-state index contributed by atoms with van der Waals surface area (Å²) in [5.41, 5.74) is 4.43. The van der Waals surface area contributed by atoms with Crippen molar-refractivity contribution in [1.29, 1.82) is 0 Å². The largest absolute Gasteiger partial charge is 0.567 e. The monoisotopic (exact) mass is 234 g/mol. The SMILES string of the molecule is [B]Oc1cc(-c2ccc(C)cc2)c2ccnn2c1. The van der Waals surface area contributed by atoms with Crippen LogP contribution in [0.5, 0.6) is 5.75 Å². The second kappa shape index (κ2) is 4.22. The Labute approximate surface area is 106 Å². The first-order chi connectivity index (χ1) is 8.78. The van der Waals surface area contributed by atoms with Crippen LogP contribution >= 0.6 is 0 Å². The third-order valence-corrected chi connectivity index (χ3v) is 2.98. The molecule has 0 bridgehead atoms. The van der Waals surface area contributed by atoms with Gasteiger partial charge in [-0.3, -0.25) is 0 Å². The summed E-state index contributed by atoms with van der Waals surface area (Å²) in [5, 5.41) is 4.21. The van der Waals surface area contributed by atoms with E-state index >= 15 is 0 Å². The predicted octanol–water partition coefficient (Wildman–Crippen LogP) is 2.77. The summed E-state index contributed by atoms with van der Waals surface area (Å²) in [7, 11) is 5.24. The standard InChI is InChI=1S/C14H11BN2O/c1-10-2-4-11(5-3-10)13-8-12(18-15)9-17-14(13)6-7-16-17/h2-9H,1H3. The van der Waals surface area contributed by atoms with Crippen molar-refractivity contribution in [3.63, 3.8) is 0 Å². The predicted molar refractivity (Wildman–Crippen MR) is 71.7 cm³/mol. The lowest BCUT2D eigenvalue weighted by Gasteiger charge is -2.08. The van der Waals surface area contributed by atoms with Crippen molar-refractivity contribution >= 4 is 13.6 Å². The Morgan fingerprint density at radius 2 is 1.94 bits per heavy atom. The van der Waals surface area contributed by atoms with Gasteiger partial charge in [-0.25, -0.2) is 4.52 Å². The molecule has 0 fully saturated rings. The number of pyridine rings is 1. The van der Waals surface area contributed by atoms with Crippen LogP contribution in [0.25, 0.3) is 16.6 Å². The molecule has 0 N–H and O–H groups in total. The molecule has 18 heavy (non-hydrogen) atoms. The van der Waals surface area contributed by atoms with E-state index in [9.17, 15) is 0 Å². The molecule has 0 amide bonds. The minimum absolute atomic E-state index is 0.585. The third kappa shape index (κ3) is 1.76. The molecule has 0 atom stereocenters. The van der Waals surface area contributed by atoms with Crippen LogP contribution < -0.4 is 4.65 Å². The normalized spacial score (nSPS) is 10.7. The summed E-state index contributed by atoms with van der Waals surface area (Å²) < 4.78 is 6.58. The summed E-state index contributed by atoms with van der Waals surface area (Å²) in [4.78, 5) is 0. The molecule has 0 aliphatic carbocycles. The van der Waals surface area contributed by atoms with Crippen LogP contribution in [0, 0.1) is 6.92 Å². The molecule has 3 rings (SSSR count). The van der Waals surface area contributed by atoms with E-state index in [-0.39, 0.29) is 0 Å². The third-order valence-electron chi connectivity index (χ3n) is 2.98. The number of hydrogen-bond donors (Lipinski definition) is 0. The maximum atomic E-state index is 5.24. The van der Waals surface area contributed by atoms with Crippen molar-refractivity contribution in [2.24, 2.45) is 0 Å². The molecular formula is C14H11BN2O. The second-order valence-electron chi connectivity index (χ2n) is 4.23. The Morgan fingerprint density at radius 3 is 2.67 bits per heavy atom. The molecular weight excluding hydrogens is 223 g/mol. The Morgan fingerprint density at radius 1 is 1.17 bits per heavy atom. The number of fused-ring (bicyclic) bond motifs is 1. The number of hydrogen-bond acceptors (Lipinski definition) is 2. The summed E-state index contributed by atoms with van der Waals surface area (Å²) in [5.74, 6) is 0.585. The Hall–Kier alpha value is -2.23. The van der Waals surface area contributed by atoms with E-state index in [1.165, 1.54) is 5.56 Å². The Bertz CT molecular complexity index is 689. The van der Waals surface area contributed by atoms with Crippen molar-refractivity contribution in [2.45, 2.75) is 6.92 Å². The Balaban J connectivity index is 2.26. The van der Waals surface area contributed by atoms with E-state index in [0.717, 1.165) is 16.6 Å². The van der Waals surface area contributed by atoms with Crippen LogP contribution in [0.3, 0.4) is 0 Å². The molecule has 3 aromatic rings. The van der Waals surface area contributed by atoms with Crippen LogP contribution in [0.1, 0.15) is 5.56 Å². The van der Waals surface area contributed by atoms with Crippen molar-refractivity contribution in [2.75, 3.05) is 0 Å². The van der Waals surface area contributed by atoms with Gasteiger partial charge < -0.3 is 4.65 Å². The van der Waals surface area contributed by atoms with Gasteiger partial charge in [0, 0.05) is 5.56 Å². The molecule has 0 saturated carbocycles. The van der Waals surface area contributed by atoms with Gasteiger partial charge in [0.05, 0.1) is 17.9 Å². The van der Waals surface area contributed by atoms with E-state index < -0.39 is 0 Å². The summed E-state index contributed by atoms with van der Waals surface area (Å²) in [6.07, 6.45) is 3.51. The van der Waals surface area contributed by atoms with Crippen LogP contribution in [0.4, 0.5) is 0 Å². The van der Waals surface area contributed by atoms with Crippen LogP contribution in [-0.2, 0) is 0 Å². The van der Waals surface area contributed by atoms with Crippen molar-refractivity contribution in [3.8, 4) is 16.9 Å². The van der Waals surface area contributed by atoms with Gasteiger partial charge in [-0.05, 0) is 24.6 Å². The maximum Gasteiger partial charge on any atom is 0.374 e. The zero-order chi connectivity index (χ0) is 12.5. The van der Waals surface area contributed by atoms with E-state index in [1.807, 2.05) is 12.1 Å². The molecule has 0 spiro atoms. The van der Waals surface area contributed by atoms with Crippen molar-refractivity contribution in [3.05, 3.63) is 54.4 Å². The molecule has 2 aromatic heterocycles. The average Bonchev–Trinajstić information content (AvgIpc) is 2.86.